The second kappa shape index (κ2) is 7.70. The largest absolute Gasteiger partial charge is 0.454 e. The summed E-state index contributed by atoms with van der Waals surface area (Å²) in [7, 11) is 0. The van der Waals surface area contributed by atoms with Crippen molar-refractivity contribution in [3.8, 4) is 17.2 Å². The fourth-order valence-electron chi connectivity index (χ4n) is 3.27. The van der Waals surface area contributed by atoms with Gasteiger partial charge in [-0.05, 0) is 56.3 Å². The van der Waals surface area contributed by atoms with E-state index in [1.807, 2.05) is 38.1 Å². The summed E-state index contributed by atoms with van der Waals surface area (Å²) >= 11 is 0. The molecule has 0 unspecified atom stereocenters. The minimum absolute atomic E-state index is 0.00186. The van der Waals surface area contributed by atoms with Crippen molar-refractivity contribution in [2.45, 2.75) is 13.8 Å². The molecule has 0 fully saturated rings. The minimum atomic E-state index is -0.547. The molecule has 0 spiro atoms. The highest BCUT2D eigenvalue weighted by Gasteiger charge is 2.22. The monoisotopic (exact) mass is 406 g/mol. The molecule has 0 saturated heterocycles. The van der Waals surface area contributed by atoms with Gasteiger partial charge in [0.2, 0.25) is 6.79 Å². The zero-order valence-corrected chi connectivity index (χ0v) is 16.3. The number of hydrogen-bond acceptors (Lipinski definition) is 6. The number of ether oxygens (including phenoxy) is 2. The third-order valence-corrected chi connectivity index (χ3v) is 4.75. The Morgan fingerprint density at radius 1 is 1.10 bits per heavy atom. The summed E-state index contributed by atoms with van der Waals surface area (Å²) in [6, 6.07) is 13.9. The van der Waals surface area contributed by atoms with E-state index in [2.05, 4.69) is 15.1 Å². The van der Waals surface area contributed by atoms with Crippen LogP contribution >= 0.6 is 0 Å². The van der Waals surface area contributed by atoms with Crippen molar-refractivity contribution in [2.24, 2.45) is 5.10 Å². The fraction of sp³-hybridized carbons (Fsp3) is 0.143. The number of hydrogen-bond donors (Lipinski definition) is 1. The first kappa shape index (κ1) is 19.2. The lowest BCUT2D eigenvalue weighted by Gasteiger charge is -2.10. The second-order valence-electron chi connectivity index (χ2n) is 6.72. The molecule has 1 aromatic heterocycles. The smallest absolute Gasteiger partial charge is 0.282 e. The zero-order chi connectivity index (χ0) is 21.3. The molecule has 0 radical (unpaired) electrons. The molecule has 1 N–H and O–H groups in total. The molecule has 0 bridgehead atoms. The number of hydrazone groups is 1. The molecule has 4 rings (SSSR count). The van der Waals surface area contributed by atoms with Crippen LogP contribution in [0.25, 0.3) is 5.69 Å². The van der Waals surface area contributed by atoms with Crippen LogP contribution in [0.3, 0.4) is 0 Å². The van der Waals surface area contributed by atoms with Crippen molar-refractivity contribution in [1.29, 1.82) is 0 Å². The van der Waals surface area contributed by atoms with Crippen molar-refractivity contribution in [1.82, 2.24) is 9.99 Å². The lowest BCUT2D eigenvalue weighted by molar-refractivity contribution is -0.385. The maximum atomic E-state index is 12.4. The highest BCUT2D eigenvalue weighted by Crippen LogP contribution is 2.37. The van der Waals surface area contributed by atoms with Crippen LogP contribution in [0.5, 0.6) is 11.5 Å². The summed E-state index contributed by atoms with van der Waals surface area (Å²) in [5.74, 6) is 0.262. The highest BCUT2D eigenvalue weighted by atomic mass is 16.7. The van der Waals surface area contributed by atoms with Gasteiger partial charge >= 0.3 is 0 Å². The molecule has 9 nitrogen and oxygen atoms in total. The van der Waals surface area contributed by atoms with Crippen molar-refractivity contribution >= 4 is 17.8 Å². The van der Waals surface area contributed by atoms with E-state index in [1.165, 1.54) is 18.3 Å². The predicted octanol–water partition coefficient (Wildman–Crippen LogP) is 3.49. The molecule has 1 aliphatic heterocycles. The predicted molar refractivity (Wildman–Crippen MR) is 110 cm³/mol. The zero-order valence-electron chi connectivity index (χ0n) is 16.3. The molecule has 0 atom stereocenters. The lowest BCUT2D eigenvalue weighted by atomic mass is 10.1. The van der Waals surface area contributed by atoms with Gasteiger partial charge in [-0.25, -0.2) is 5.43 Å². The number of nitrogens with zero attached hydrogens (tertiary/aromatic N) is 3. The van der Waals surface area contributed by atoms with E-state index in [9.17, 15) is 14.9 Å². The number of nitro groups is 1. The van der Waals surface area contributed by atoms with E-state index in [0.717, 1.165) is 17.1 Å². The summed E-state index contributed by atoms with van der Waals surface area (Å²) in [6.45, 7) is 4.02. The third-order valence-electron chi connectivity index (χ3n) is 4.75. The van der Waals surface area contributed by atoms with E-state index in [-0.39, 0.29) is 18.0 Å². The Morgan fingerprint density at radius 2 is 1.73 bits per heavy atom. The molecule has 1 amide bonds. The van der Waals surface area contributed by atoms with Crippen LogP contribution in [-0.2, 0) is 0 Å². The van der Waals surface area contributed by atoms with Gasteiger partial charge in [0.05, 0.1) is 22.8 Å². The van der Waals surface area contributed by atoms with Crippen molar-refractivity contribution in [3.63, 3.8) is 0 Å². The standard InChI is InChI=1S/C21H18N4O5/c1-13-3-4-14(2)24(13)17-7-5-15(6-8-17)21(26)23-22-11-16-9-19-20(30-12-29-19)10-18(16)25(27)28/h3-11H,12H2,1-2H3,(H,23,26)/b22-11+. The Labute approximate surface area is 171 Å². The van der Waals surface area contributed by atoms with E-state index < -0.39 is 10.8 Å². The summed E-state index contributed by atoms with van der Waals surface area (Å²) in [5, 5.41) is 15.1. The molecule has 1 aliphatic rings. The average Bonchev–Trinajstić information content (AvgIpc) is 3.32. The topological polar surface area (TPSA) is 108 Å². The summed E-state index contributed by atoms with van der Waals surface area (Å²) in [4.78, 5) is 23.1. The van der Waals surface area contributed by atoms with Crippen LogP contribution in [0.15, 0.2) is 53.6 Å². The summed E-state index contributed by atoms with van der Waals surface area (Å²) < 4.78 is 12.5. The number of nitrogens with one attached hydrogen (secondary N) is 1. The van der Waals surface area contributed by atoms with Gasteiger partial charge in [-0.3, -0.25) is 14.9 Å². The molecule has 9 heteroatoms. The summed E-state index contributed by atoms with van der Waals surface area (Å²) in [5.41, 5.74) is 5.94. The Hall–Kier alpha value is -4.14. The number of carbonyl (C=O) groups excluding carboxylic acids is 1. The molecule has 2 heterocycles. The first-order chi connectivity index (χ1) is 14.4. The summed E-state index contributed by atoms with van der Waals surface area (Å²) in [6.07, 6.45) is 1.21. The SMILES string of the molecule is Cc1ccc(C)n1-c1ccc(C(=O)N/N=C/c2cc3c(cc2[N+](=O)[O-])OCO3)cc1. The van der Waals surface area contributed by atoms with E-state index in [1.54, 1.807) is 12.1 Å². The lowest BCUT2D eigenvalue weighted by Crippen LogP contribution is -2.17. The Balaban J connectivity index is 1.49. The van der Waals surface area contributed by atoms with Crippen LogP contribution in [0.2, 0.25) is 0 Å². The quantitative estimate of drug-likeness (QED) is 0.396. The Morgan fingerprint density at radius 3 is 2.37 bits per heavy atom. The first-order valence-electron chi connectivity index (χ1n) is 9.11. The molecule has 0 saturated carbocycles. The molecule has 152 valence electrons. The molecular formula is C21H18N4O5. The first-order valence-corrected chi connectivity index (χ1v) is 9.11. The number of carbonyl (C=O) groups is 1. The Bertz CT molecular complexity index is 1150. The van der Waals surface area contributed by atoms with Crippen molar-refractivity contribution < 1.29 is 19.2 Å². The van der Waals surface area contributed by atoms with Gasteiger partial charge in [0.1, 0.15) is 0 Å². The second-order valence-corrected chi connectivity index (χ2v) is 6.72. The van der Waals surface area contributed by atoms with Gasteiger partial charge in [-0.15, -0.1) is 0 Å². The fourth-order valence-corrected chi connectivity index (χ4v) is 3.27. The molecular weight excluding hydrogens is 388 g/mol. The third kappa shape index (κ3) is 3.60. The number of nitro benzene ring substituents is 1. The van der Waals surface area contributed by atoms with Gasteiger partial charge in [0, 0.05) is 22.6 Å². The number of fused-ring (bicyclic) bond motifs is 1. The van der Waals surface area contributed by atoms with Crippen LogP contribution < -0.4 is 14.9 Å². The molecule has 30 heavy (non-hydrogen) atoms. The van der Waals surface area contributed by atoms with Gasteiger partial charge in [-0.2, -0.15) is 5.10 Å². The maximum Gasteiger partial charge on any atom is 0.282 e. The van der Waals surface area contributed by atoms with E-state index in [4.69, 9.17) is 9.47 Å². The number of amides is 1. The van der Waals surface area contributed by atoms with Gasteiger partial charge in [0.25, 0.3) is 11.6 Å². The van der Waals surface area contributed by atoms with Crippen LogP contribution in [0, 0.1) is 24.0 Å². The molecule has 0 aliphatic carbocycles. The number of aryl methyl sites for hydroxylation is 2. The highest BCUT2D eigenvalue weighted by molar-refractivity contribution is 5.95. The van der Waals surface area contributed by atoms with E-state index >= 15 is 0 Å². The minimum Gasteiger partial charge on any atom is -0.454 e. The van der Waals surface area contributed by atoms with Crippen LogP contribution in [0.1, 0.15) is 27.3 Å². The van der Waals surface area contributed by atoms with Crippen LogP contribution in [-0.4, -0.2) is 28.4 Å². The van der Waals surface area contributed by atoms with Gasteiger partial charge in [0.15, 0.2) is 11.5 Å². The number of aromatic nitrogens is 1. The van der Waals surface area contributed by atoms with Crippen LogP contribution in [0.4, 0.5) is 5.69 Å². The maximum absolute atomic E-state index is 12.4. The van der Waals surface area contributed by atoms with Gasteiger partial charge < -0.3 is 14.0 Å². The van der Waals surface area contributed by atoms with Gasteiger partial charge in [-0.1, -0.05) is 0 Å². The van der Waals surface area contributed by atoms with Crippen molar-refractivity contribution in [3.05, 3.63) is 81.2 Å². The Kier molecular flexibility index (Phi) is 4.93. The average molecular weight is 406 g/mol. The number of rotatable bonds is 5. The van der Waals surface area contributed by atoms with Crippen molar-refractivity contribution in [2.75, 3.05) is 6.79 Å². The van der Waals surface area contributed by atoms with E-state index in [0.29, 0.717) is 17.1 Å². The normalized spacial score (nSPS) is 12.3. The molecule has 2 aromatic carbocycles. The molecule has 3 aromatic rings. The number of benzene rings is 2.